The molecule has 1 saturated heterocycles. The maximum Gasteiger partial charge on any atom is 0.295 e. The highest BCUT2D eigenvalue weighted by Crippen LogP contribution is 2.39. The van der Waals surface area contributed by atoms with Crippen molar-refractivity contribution in [1.82, 2.24) is 4.90 Å². The first-order chi connectivity index (χ1) is 14.8. The molecule has 1 aliphatic rings. The van der Waals surface area contributed by atoms with Crippen molar-refractivity contribution in [2.24, 2.45) is 5.92 Å². The minimum atomic E-state index is -0.639. The van der Waals surface area contributed by atoms with Crippen molar-refractivity contribution in [2.75, 3.05) is 13.2 Å². The number of hydrogen-bond acceptors (Lipinski definition) is 4. The lowest BCUT2D eigenvalue weighted by atomic mass is 9.94. The molecule has 1 atom stereocenters. The summed E-state index contributed by atoms with van der Waals surface area (Å²) < 4.78 is 5.82. The van der Waals surface area contributed by atoms with Crippen molar-refractivity contribution in [1.29, 1.82) is 0 Å². The molecule has 0 bridgehead atoms. The van der Waals surface area contributed by atoms with Gasteiger partial charge in [0.2, 0.25) is 0 Å². The largest absolute Gasteiger partial charge is 0.507 e. The Labute approximate surface area is 184 Å². The monoisotopic (exact) mass is 421 g/mol. The van der Waals surface area contributed by atoms with Crippen LogP contribution in [0.25, 0.3) is 5.76 Å². The van der Waals surface area contributed by atoms with E-state index in [0.29, 0.717) is 24.6 Å². The van der Waals surface area contributed by atoms with Gasteiger partial charge in [0, 0.05) is 12.1 Å². The van der Waals surface area contributed by atoms with Gasteiger partial charge in [0.1, 0.15) is 11.5 Å². The summed E-state index contributed by atoms with van der Waals surface area (Å²) in [7, 11) is 0. The van der Waals surface area contributed by atoms with Gasteiger partial charge in [-0.2, -0.15) is 0 Å². The zero-order valence-corrected chi connectivity index (χ0v) is 18.7. The number of unbranched alkanes of at least 4 members (excludes halogenated alkanes) is 1. The number of carbonyl (C=O) groups excluding carboxylic acids is 2. The number of ether oxygens (including phenoxy) is 1. The summed E-state index contributed by atoms with van der Waals surface area (Å²) in [4.78, 5) is 27.4. The molecule has 0 saturated carbocycles. The molecule has 2 aromatic carbocycles. The van der Waals surface area contributed by atoms with E-state index in [1.54, 1.807) is 23.1 Å². The predicted octanol–water partition coefficient (Wildman–Crippen LogP) is 5.25. The zero-order valence-electron chi connectivity index (χ0n) is 18.7. The van der Waals surface area contributed by atoms with Crippen LogP contribution < -0.4 is 4.74 Å². The quantitative estimate of drug-likeness (QED) is 0.359. The van der Waals surface area contributed by atoms with Crippen LogP contribution in [0, 0.1) is 12.8 Å². The smallest absolute Gasteiger partial charge is 0.295 e. The second-order valence-corrected chi connectivity index (χ2v) is 8.44. The summed E-state index contributed by atoms with van der Waals surface area (Å²) in [6, 6.07) is 14.2. The first-order valence-electron chi connectivity index (χ1n) is 10.9. The highest BCUT2D eigenvalue weighted by atomic mass is 16.5. The van der Waals surface area contributed by atoms with E-state index in [0.717, 1.165) is 29.7 Å². The number of benzene rings is 2. The Morgan fingerprint density at radius 2 is 1.84 bits per heavy atom. The van der Waals surface area contributed by atoms with Gasteiger partial charge in [0.15, 0.2) is 0 Å². The summed E-state index contributed by atoms with van der Waals surface area (Å²) in [5.41, 5.74) is 2.32. The van der Waals surface area contributed by atoms with E-state index in [1.165, 1.54) is 0 Å². The summed E-state index contributed by atoms with van der Waals surface area (Å²) in [5, 5.41) is 11.2. The van der Waals surface area contributed by atoms with Crippen LogP contribution in [0.1, 0.15) is 56.3 Å². The Bertz CT molecular complexity index is 978. The van der Waals surface area contributed by atoms with Gasteiger partial charge in [-0.25, -0.2) is 0 Å². The van der Waals surface area contributed by atoms with Crippen molar-refractivity contribution < 1.29 is 19.4 Å². The van der Waals surface area contributed by atoms with E-state index in [9.17, 15) is 14.7 Å². The molecule has 3 rings (SSSR count). The fourth-order valence-corrected chi connectivity index (χ4v) is 3.79. The number of aliphatic hydroxyl groups excluding tert-OH is 1. The Hall–Kier alpha value is -3.08. The molecule has 0 radical (unpaired) electrons. The molecule has 1 aliphatic heterocycles. The fourth-order valence-electron chi connectivity index (χ4n) is 3.79. The molecule has 5 heteroatoms. The maximum atomic E-state index is 13.0. The molecule has 31 heavy (non-hydrogen) atoms. The third-order valence-electron chi connectivity index (χ3n) is 5.43. The number of carbonyl (C=O) groups is 2. The van der Waals surface area contributed by atoms with Gasteiger partial charge < -0.3 is 14.7 Å². The minimum absolute atomic E-state index is 0.141. The second kappa shape index (κ2) is 9.82. The number of aryl methyl sites for hydroxylation is 1. The van der Waals surface area contributed by atoms with E-state index < -0.39 is 17.7 Å². The van der Waals surface area contributed by atoms with Gasteiger partial charge in [0.25, 0.3) is 11.7 Å². The van der Waals surface area contributed by atoms with Gasteiger partial charge >= 0.3 is 0 Å². The van der Waals surface area contributed by atoms with Crippen LogP contribution >= 0.6 is 0 Å². The molecule has 5 nitrogen and oxygen atoms in total. The molecule has 0 aliphatic carbocycles. The summed E-state index contributed by atoms with van der Waals surface area (Å²) in [5.74, 6) is -0.201. The summed E-state index contributed by atoms with van der Waals surface area (Å²) >= 11 is 0. The first-order valence-corrected chi connectivity index (χ1v) is 10.9. The average Bonchev–Trinajstić information content (AvgIpc) is 3.01. The van der Waals surface area contributed by atoms with E-state index >= 15 is 0 Å². The summed E-state index contributed by atoms with van der Waals surface area (Å²) in [6.45, 7) is 9.18. The number of rotatable bonds is 8. The van der Waals surface area contributed by atoms with Crippen LogP contribution in [0.4, 0.5) is 0 Å². The SMILES string of the molecule is CCCCN1C(=O)C(=O)/C(=C(\O)c2ccc(OCC(C)C)c(C)c2)C1c1ccccc1. The number of Topliss-reactive ketones (excluding diaryl/α,β-unsaturated/α-hetero) is 1. The number of ketones is 1. The van der Waals surface area contributed by atoms with Crippen LogP contribution in [0.15, 0.2) is 54.1 Å². The van der Waals surface area contributed by atoms with Crippen LogP contribution in [0.5, 0.6) is 5.75 Å². The third-order valence-corrected chi connectivity index (χ3v) is 5.43. The topological polar surface area (TPSA) is 66.8 Å². The molecule has 1 amide bonds. The average molecular weight is 422 g/mol. The number of likely N-dealkylation sites (tertiary alicyclic amines) is 1. The number of hydrogen-bond donors (Lipinski definition) is 1. The molecule has 1 unspecified atom stereocenters. The lowest BCUT2D eigenvalue weighted by Crippen LogP contribution is -2.30. The number of aliphatic hydroxyl groups is 1. The zero-order chi connectivity index (χ0) is 22.5. The predicted molar refractivity (Wildman–Crippen MR) is 122 cm³/mol. The Morgan fingerprint density at radius 3 is 2.45 bits per heavy atom. The molecule has 1 heterocycles. The van der Waals surface area contributed by atoms with Crippen molar-refractivity contribution >= 4 is 17.4 Å². The number of amides is 1. The first kappa shape index (κ1) is 22.6. The third kappa shape index (κ3) is 4.82. The molecule has 1 N–H and O–H groups in total. The molecular formula is C26H31NO4. The molecular weight excluding hydrogens is 390 g/mol. The normalized spacial score (nSPS) is 18.1. The highest BCUT2D eigenvalue weighted by molar-refractivity contribution is 6.46. The van der Waals surface area contributed by atoms with Crippen molar-refractivity contribution in [3.63, 3.8) is 0 Å². The van der Waals surface area contributed by atoms with Crippen molar-refractivity contribution in [2.45, 2.75) is 46.6 Å². The lowest BCUT2D eigenvalue weighted by Gasteiger charge is -2.25. The van der Waals surface area contributed by atoms with Crippen molar-refractivity contribution in [3.8, 4) is 5.75 Å². The Morgan fingerprint density at radius 1 is 1.13 bits per heavy atom. The Balaban J connectivity index is 2.05. The van der Waals surface area contributed by atoms with Gasteiger partial charge in [-0.3, -0.25) is 9.59 Å². The Kier molecular flexibility index (Phi) is 7.16. The number of nitrogens with zero attached hydrogens (tertiary/aromatic N) is 1. The van der Waals surface area contributed by atoms with E-state index in [2.05, 4.69) is 13.8 Å². The van der Waals surface area contributed by atoms with Gasteiger partial charge in [-0.15, -0.1) is 0 Å². The molecule has 0 spiro atoms. The van der Waals surface area contributed by atoms with Crippen molar-refractivity contribution in [3.05, 3.63) is 70.8 Å². The minimum Gasteiger partial charge on any atom is -0.507 e. The van der Waals surface area contributed by atoms with Crippen LogP contribution in [0.2, 0.25) is 0 Å². The van der Waals surface area contributed by atoms with Crippen LogP contribution in [-0.2, 0) is 9.59 Å². The highest BCUT2D eigenvalue weighted by Gasteiger charge is 2.45. The lowest BCUT2D eigenvalue weighted by molar-refractivity contribution is -0.139. The van der Waals surface area contributed by atoms with E-state index in [4.69, 9.17) is 4.74 Å². The fraction of sp³-hybridized carbons (Fsp3) is 0.385. The molecule has 2 aromatic rings. The van der Waals surface area contributed by atoms with Crippen LogP contribution in [0.3, 0.4) is 0 Å². The molecule has 0 aromatic heterocycles. The second-order valence-electron chi connectivity index (χ2n) is 8.44. The standard InChI is InChI=1S/C26H31NO4/c1-5-6-14-27-23(19-10-8-7-9-11-19)22(25(29)26(27)30)24(28)20-12-13-21(18(4)15-20)31-16-17(2)3/h7-13,15,17,23,28H,5-6,14,16H2,1-4H3/b24-22-. The van der Waals surface area contributed by atoms with Gasteiger partial charge in [-0.1, -0.05) is 57.5 Å². The van der Waals surface area contributed by atoms with E-state index in [1.807, 2.05) is 44.2 Å². The van der Waals surface area contributed by atoms with Gasteiger partial charge in [-0.05, 0) is 48.6 Å². The molecule has 1 fully saturated rings. The van der Waals surface area contributed by atoms with Crippen LogP contribution in [-0.4, -0.2) is 34.8 Å². The van der Waals surface area contributed by atoms with Gasteiger partial charge in [0.05, 0.1) is 18.2 Å². The van der Waals surface area contributed by atoms with E-state index in [-0.39, 0.29) is 11.3 Å². The summed E-state index contributed by atoms with van der Waals surface area (Å²) in [6.07, 6.45) is 1.69. The molecule has 164 valence electrons. The maximum absolute atomic E-state index is 13.0.